The number of rotatable bonds is 12. The van der Waals surface area contributed by atoms with E-state index in [0.717, 1.165) is 77.4 Å². The third-order valence-corrected chi connectivity index (χ3v) is 28.6. The SMILES string of the molecule is c1ccc(-c2nc(-c3ccc(-c4cccc5ccc6ccc7c8ccccc8ccc7c6c45)cc3)nc(-c3ccc4ccccc4c3)n2)cc1.c1ccc(-c2nc(-c3ccccc3)nc(-c3ccc(-c4cc5ccc6ccccc6c5c5ccc6ccccc6c45)c4ccccc34)n2)cc1.c1ccc(-c2nc(-c3ccccc3)nc(-c3cccc(-c4cc5ccc6ccccc6c5c5ccc6ccccc6c45)c3)n2)cc1. The highest BCUT2D eigenvalue weighted by atomic mass is 15.1. The van der Waals surface area contributed by atoms with E-state index in [9.17, 15) is 0 Å². The van der Waals surface area contributed by atoms with Gasteiger partial charge in [-0.15, -0.1) is 0 Å². The number of aromatic nitrogens is 9. The molecule has 3 heterocycles. The molecule has 9 heteroatoms. The van der Waals surface area contributed by atoms with Crippen molar-refractivity contribution in [2.24, 2.45) is 0 Å². The molecular weight excluding hydrogens is 1770 g/mol. The van der Waals surface area contributed by atoms with Gasteiger partial charge in [-0.25, -0.2) is 44.9 Å². The van der Waals surface area contributed by atoms with Gasteiger partial charge in [0.1, 0.15) is 0 Å². The van der Waals surface area contributed by atoms with Gasteiger partial charge >= 0.3 is 0 Å². The van der Waals surface area contributed by atoms with E-state index >= 15 is 0 Å². The van der Waals surface area contributed by atoms with Gasteiger partial charge in [-0.05, 0) is 215 Å². The summed E-state index contributed by atoms with van der Waals surface area (Å²) in [4.78, 5) is 45.0. The highest BCUT2D eigenvalue weighted by Gasteiger charge is 2.25. The van der Waals surface area contributed by atoms with Crippen LogP contribution in [0.2, 0.25) is 0 Å². The smallest absolute Gasteiger partial charge is 0.164 e. The van der Waals surface area contributed by atoms with Crippen molar-refractivity contribution < 1.29 is 0 Å². The van der Waals surface area contributed by atoms with E-state index in [0.29, 0.717) is 52.4 Å². The van der Waals surface area contributed by atoms with Crippen LogP contribution in [-0.4, -0.2) is 44.9 Å². The zero-order valence-corrected chi connectivity index (χ0v) is 79.1. The number of fused-ring (bicyclic) bond motifs is 23. The maximum atomic E-state index is 5.09. The summed E-state index contributed by atoms with van der Waals surface area (Å²) in [5.74, 6) is 5.88. The first kappa shape index (κ1) is 85.6. The summed E-state index contributed by atoms with van der Waals surface area (Å²) in [6.45, 7) is 0. The molecule has 0 amide bonds. The Morgan fingerprint density at radius 2 is 0.370 bits per heavy atom. The molecule has 0 aliphatic carbocycles. The number of hydrogen-bond acceptors (Lipinski definition) is 9. The van der Waals surface area contributed by atoms with E-state index in [1.165, 1.54) is 157 Å². The lowest BCUT2D eigenvalue weighted by Gasteiger charge is -2.18. The third-order valence-electron chi connectivity index (χ3n) is 28.6. The Labute approximate surface area is 841 Å². The van der Waals surface area contributed by atoms with Crippen LogP contribution >= 0.6 is 0 Å². The van der Waals surface area contributed by atoms with Gasteiger partial charge in [-0.1, -0.05) is 485 Å². The zero-order chi connectivity index (χ0) is 96.5. The fourth-order valence-electron chi connectivity index (χ4n) is 21.7. The van der Waals surface area contributed by atoms with Crippen molar-refractivity contribution in [1.82, 2.24) is 44.9 Å². The van der Waals surface area contributed by atoms with Crippen LogP contribution in [-0.2, 0) is 0 Å². The van der Waals surface area contributed by atoms with Crippen LogP contribution < -0.4 is 0 Å². The van der Waals surface area contributed by atoms with Crippen LogP contribution in [0.15, 0.2) is 516 Å². The summed E-state index contributed by atoms with van der Waals surface area (Å²) in [6.07, 6.45) is 0. The fourth-order valence-corrected chi connectivity index (χ4v) is 21.7. The van der Waals surface area contributed by atoms with Crippen molar-refractivity contribution in [1.29, 1.82) is 0 Å². The van der Waals surface area contributed by atoms with E-state index < -0.39 is 0 Å². The second-order valence-electron chi connectivity index (χ2n) is 37.2. The molecule has 0 spiro atoms. The molecule has 29 aromatic rings. The summed E-state index contributed by atoms with van der Waals surface area (Å²) in [5.41, 5.74) is 15.7. The normalized spacial score (nSPS) is 11.6. The van der Waals surface area contributed by atoms with E-state index in [4.69, 9.17) is 44.9 Å². The second-order valence-corrected chi connectivity index (χ2v) is 37.2. The number of hydrogen-bond donors (Lipinski definition) is 0. The molecule has 9 nitrogen and oxygen atoms in total. The Morgan fingerprint density at radius 1 is 0.0890 bits per heavy atom. The first-order valence-corrected chi connectivity index (χ1v) is 49.4. The molecular formula is C137H85N9. The van der Waals surface area contributed by atoms with Gasteiger partial charge in [-0.2, -0.15) is 0 Å². The minimum Gasteiger partial charge on any atom is -0.208 e. The molecule has 0 aliphatic heterocycles. The Morgan fingerprint density at radius 3 is 0.856 bits per heavy atom. The predicted molar refractivity (Wildman–Crippen MR) is 610 cm³/mol. The van der Waals surface area contributed by atoms with Crippen molar-refractivity contribution >= 4 is 151 Å². The molecule has 0 atom stereocenters. The van der Waals surface area contributed by atoms with Crippen molar-refractivity contribution in [3.05, 3.63) is 516 Å². The van der Waals surface area contributed by atoms with Gasteiger partial charge in [0, 0.05) is 50.1 Å². The lowest BCUT2D eigenvalue weighted by atomic mass is 9.86. The summed E-state index contributed by atoms with van der Waals surface area (Å²) in [7, 11) is 0. The summed E-state index contributed by atoms with van der Waals surface area (Å²) in [6, 6.07) is 182. The molecule has 678 valence electrons. The molecule has 0 fully saturated rings. The predicted octanol–water partition coefficient (Wildman–Crippen LogP) is 35.8. The molecule has 146 heavy (non-hydrogen) atoms. The van der Waals surface area contributed by atoms with Crippen molar-refractivity contribution in [2.75, 3.05) is 0 Å². The molecule has 0 aliphatic rings. The van der Waals surface area contributed by atoms with Crippen molar-refractivity contribution in [2.45, 2.75) is 0 Å². The molecule has 26 aromatic carbocycles. The molecule has 0 saturated carbocycles. The largest absolute Gasteiger partial charge is 0.208 e. The van der Waals surface area contributed by atoms with E-state index in [2.05, 4.69) is 364 Å². The molecule has 0 bridgehead atoms. The monoisotopic (exact) mass is 1860 g/mol. The van der Waals surface area contributed by atoms with Crippen molar-refractivity contribution in [3.63, 3.8) is 0 Å². The summed E-state index contributed by atoms with van der Waals surface area (Å²) < 4.78 is 0. The molecule has 3 aromatic heterocycles. The summed E-state index contributed by atoms with van der Waals surface area (Å²) in [5, 5.41) is 34.8. The van der Waals surface area contributed by atoms with Crippen LogP contribution in [0.25, 0.3) is 287 Å². The van der Waals surface area contributed by atoms with Gasteiger partial charge in [0.25, 0.3) is 0 Å². The Hall–Kier alpha value is -19.6. The highest BCUT2D eigenvalue weighted by Crippen LogP contribution is 2.49. The van der Waals surface area contributed by atoms with Crippen LogP contribution in [0, 0.1) is 0 Å². The maximum Gasteiger partial charge on any atom is 0.164 e. The second kappa shape index (κ2) is 36.6. The van der Waals surface area contributed by atoms with Gasteiger partial charge in [-0.3, -0.25) is 0 Å². The van der Waals surface area contributed by atoms with Gasteiger partial charge in [0.15, 0.2) is 52.4 Å². The Bertz CT molecular complexity index is 10100. The quantitative estimate of drug-likeness (QED) is 0.110. The first-order valence-electron chi connectivity index (χ1n) is 49.4. The van der Waals surface area contributed by atoms with Crippen LogP contribution in [0.5, 0.6) is 0 Å². The lowest BCUT2D eigenvalue weighted by molar-refractivity contribution is 1.07. The molecule has 0 N–H and O–H groups in total. The van der Waals surface area contributed by atoms with Crippen LogP contribution in [0.4, 0.5) is 0 Å². The van der Waals surface area contributed by atoms with Gasteiger partial charge in [0.05, 0.1) is 0 Å². The minimum atomic E-state index is 0.648. The molecule has 29 rings (SSSR count). The van der Waals surface area contributed by atoms with Gasteiger partial charge < -0.3 is 0 Å². The van der Waals surface area contributed by atoms with E-state index in [1.807, 2.05) is 152 Å². The van der Waals surface area contributed by atoms with Crippen LogP contribution in [0.1, 0.15) is 0 Å². The standard InChI is InChI=1S/2C47H29N3.C43H27N3/c1-3-15-32(16-4-1)45-48-46(33-17-5-2-6-18-33)50-47(49-45)40-28-27-39(37-21-11-12-22-38(37)40)42-29-34-24-23-30-13-7-9-19-35(30)43(34)41-26-25-31-14-8-10-20-36(31)44(41)42;1-2-11-35(12-3-1)45-48-46(50-47(49-45)38-24-17-30-9-4-5-13-37(30)29-38)36-22-18-32(19-23-36)40-16-8-14-33-20-21-34-26-27-41-39-15-7-6-10-31(39)25-28-42(41)44(34)43(33)40;1-3-14-30(15-4-1)41-44-42(31-16-5-2-6-17-31)46-43(45-41)34-19-11-18-32(26-34)38-27-33-23-22-28-12-7-9-20-35(28)39(33)37-25-24-29-13-8-10-21-36(29)40(37)38/h2*1-29H;1-27H. The first-order chi connectivity index (χ1) is 72.4. The Kier molecular flexibility index (Phi) is 21.4. The van der Waals surface area contributed by atoms with Crippen LogP contribution in [0.3, 0.4) is 0 Å². The fraction of sp³-hybridized carbons (Fsp3) is 0. The minimum absolute atomic E-state index is 0.648. The lowest BCUT2D eigenvalue weighted by Crippen LogP contribution is -2.00. The highest BCUT2D eigenvalue weighted by molar-refractivity contribution is 6.32. The average molecular weight is 1860 g/mol. The van der Waals surface area contributed by atoms with Gasteiger partial charge in [0.2, 0.25) is 0 Å². The maximum absolute atomic E-state index is 5.09. The topological polar surface area (TPSA) is 116 Å². The average Bonchev–Trinajstić information content (AvgIpc) is 0.738. The Balaban J connectivity index is 0.000000109. The zero-order valence-electron chi connectivity index (χ0n) is 79.1. The van der Waals surface area contributed by atoms with Crippen molar-refractivity contribution in [3.8, 4) is 136 Å². The van der Waals surface area contributed by atoms with E-state index in [-0.39, 0.29) is 0 Å². The molecule has 0 radical (unpaired) electrons. The molecule has 0 saturated heterocycles. The summed E-state index contributed by atoms with van der Waals surface area (Å²) >= 11 is 0. The van der Waals surface area contributed by atoms with E-state index in [1.54, 1.807) is 0 Å². The molecule has 0 unspecified atom stereocenters. The third kappa shape index (κ3) is 15.6. The number of nitrogens with zero attached hydrogens (tertiary/aromatic N) is 9. The number of benzene rings is 26.